The van der Waals surface area contributed by atoms with Gasteiger partial charge in [0, 0.05) is 0 Å². The van der Waals surface area contributed by atoms with Crippen molar-refractivity contribution in [2.45, 2.75) is 39.2 Å². The molecule has 1 aliphatic rings. The van der Waals surface area contributed by atoms with Gasteiger partial charge in [0.05, 0.1) is 5.69 Å². The lowest BCUT2D eigenvalue weighted by Crippen LogP contribution is -2.65. The monoisotopic (exact) mass is 296 g/mol. The Hall–Kier alpha value is -1.83. The summed E-state index contributed by atoms with van der Waals surface area (Å²) in [5.41, 5.74) is -0.449. The molecule has 20 heavy (non-hydrogen) atoms. The zero-order valence-corrected chi connectivity index (χ0v) is 12.4. The van der Waals surface area contributed by atoms with Crippen LogP contribution in [0.5, 0.6) is 0 Å². The number of piperazine rings is 1. The van der Waals surface area contributed by atoms with Crippen molar-refractivity contribution >= 4 is 29.3 Å². The molecule has 1 aliphatic heterocycles. The van der Waals surface area contributed by atoms with E-state index in [2.05, 4.69) is 14.9 Å². The molecule has 1 N–H and O–H groups in total. The van der Waals surface area contributed by atoms with Crippen molar-refractivity contribution < 1.29 is 14.4 Å². The van der Waals surface area contributed by atoms with Gasteiger partial charge in [-0.1, -0.05) is 17.8 Å². The quantitative estimate of drug-likeness (QED) is 0.813. The van der Waals surface area contributed by atoms with Crippen LogP contribution in [0.15, 0.2) is 0 Å². The van der Waals surface area contributed by atoms with Gasteiger partial charge in [-0.15, -0.1) is 5.10 Å². The van der Waals surface area contributed by atoms with Crippen molar-refractivity contribution in [1.29, 1.82) is 0 Å². The highest BCUT2D eigenvalue weighted by molar-refractivity contribution is 7.08. The highest BCUT2D eigenvalue weighted by Gasteiger charge is 2.44. The average Bonchev–Trinajstić information content (AvgIpc) is 2.82. The SMILES string of the molecule is CCCc1nnsc1C(=O)N1CC(=O)NC(=O)C1(C)C. The molecular formula is C12H16N4O3S. The molecule has 0 unspecified atom stereocenters. The molecule has 0 aliphatic carbocycles. The van der Waals surface area contributed by atoms with Gasteiger partial charge in [0.1, 0.15) is 17.0 Å². The summed E-state index contributed by atoms with van der Waals surface area (Å²) in [6.45, 7) is 5.07. The summed E-state index contributed by atoms with van der Waals surface area (Å²) < 4.78 is 3.80. The largest absolute Gasteiger partial charge is 0.314 e. The third kappa shape index (κ3) is 2.43. The lowest BCUT2D eigenvalue weighted by molar-refractivity contribution is -0.143. The van der Waals surface area contributed by atoms with Crippen LogP contribution >= 0.6 is 11.5 Å². The Morgan fingerprint density at radius 3 is 2.80 bits per heavy atom. The molecule has 2 heterocycles. The molecule has 0 aromatic carbocycles. The van der Waals surface area contributed by atoms with Crippen molar-refractivity contribution in [2.24, 2.45) is 0 Å². The molecule has 0 bridgehead atoms. The number of aryl methyl sites for hydroxylation is 1. The third-order valence-corrected chi connectivity index (χ3v) is 4.02. The van der Waals surface area contributed by atoms with Crippen LogP contribution in [-0.4, -0.2) is 44.3 Å². The van der Waals surface area contributed by atoms with E-state index in [4.69, 9.17) is 0 Å². The molecule has 1 saturated heterocycles. The topological polar surface area (TPSA) is 92.3 Å². The number of nitrogens with one attached hydrogen (secondary N) is 1. The smallest absolute Gasteiger partial charge is 0.268 e. The minimum Gasteiger partial charge on any atom is -0.314 e. The Balaban J connectivity index is 2.33. The van der Waals surface area contributed by atoms with Crippen LogP contribution in [0.3, 0.4) is 0 Å². The van der Waals surface area contributed by atoms with Gasteiger partial charge >= 0.3 is 0 Å². The van der Waals surface area contributed by atoms with Gasteiger partial charge in [0.2, 0.25) is 5.91 Å². The molecule has 8 heteroatoms. The van der Waals surface area contributed by atoms with Gasteiger partial charge in [-0.3, -0.25) is 19.7 Å². The van der Waals surface area contributed by atoms with Crippen molar-refractivity contribution in [1.82, 2.24) is 19.8 Å². The Labute approximate surface area is 120 Å². The highest BCUT2D eigenvalue weighted by atomic mass is 32.1. The first-order valence-corrected chi connectivity index (χ1v) is 7.12. The van der Waals surface area contributed by atoms with E-state index in [-0.39, 0.29) is 12.5 Å². The maximum absolute atomic E-state index is 12.6. The van der Waals surface area contributed by atoms with Gasteiger partial charge < -0.3 is 4.90 Å². The molecule has 7 nitrogen and oxygen atoms in total. The fraction of sp³-hybridized carbons (Fsp3) is 0.583. The number of hydrogen-bond donors (Lipinski definition) is 1. The van der Waals surface area contributed by atoms with Crippen molar-refractivity contribution in [3.05, 3.63) is 10.6 Å². The summed E-state index contributed by atoms with van der Waals surface area (Å²) >= 11 is 0.999. The van der Waals surface area contributed by atoms with Crippen LogP contribution in [0.1, 0.15) is 42.6 Å². The predicted octanol–water partition coefficient (Wildman–Crippen LogP) is 0.368. The molecule has 0 atom stereocenters. The molecule has 108 valence electrons. The van der Waals surface area contributed by atoms with Crippen LogP contribution in [-0.2, 0) is 16.0 Å². The lowest BCUT2D eigenvalue weighted by Gasteiger charge is -2.39. The number of imide groups is 1. The van der Waals surface area contributed by atoms with Crippen molar-refractivity contribution in [2.75, 3.05) is 6.54 Å². The van der Waals surface area contributed by atoms with E-state index in [9.17, 15) is 14.4 Å². The maximum atomic E-state index is 12.6. The zero-order valence-electron chi connectivity index (χ0n) is 11.6. The Bertz CT molecular complexity index is 567. The van der Waals surface area contributed by atoms with Gasteiger partial charge in [0.25, 0.3) is 11.8 Å². The average molecular weight is 296 g/mol. The second-order valence-corrected chi connectivity index (χ2v) is 5.88. The van der Waals surface area contributed by atoms with E-state index in [1.54, 1.807) is 13.8 Å². The van der Waals surface area contributed by atoms with Crippen molar-refractivity contribution in [3.63, 3.8) is 0 Å². The Morgan fingerprint density at radius 1 is 1.45 bits per heavy atom. The number of aromatic nitrogens is 2. The lowest BCUT2D eigenvalue weighted by atomic mass is 9.98. The summed E-state index contributed by atoms with van der Waals surface area (Å²) in [6, 6.07) is 0. The molecule has 0 spiro atoms. The number of carbonyl (C=O) groups is 3. The zero-order chi connectivity index (χ0) is 14.9. The van der Waals surface area contributed by atoms with Crippen LogP contribution in [0.4, 0.5) is 0 Å². The standard InChI is InChI=1S/C12H16N4O3S/c1-4-5-7-9(20-15-14-7)10(18)16-6-8(17)13-11(19)12(16,2)3/h4-6H2,1-3H3,(H,13,17,19). The third-order valence-electron chi connectivity index (χ3n) is 3.27. The minimum atomic E-state index is -1.07. The van der Waals surface area contributed by atoms with Crippen LogP contribution in [0, 0.1) is 0 Å². The fourth-order valence-corrected chi connectivity index (χ4v) is 2.66. The number of amides is 3. The molecule has 3 amide bonds. The molecule has 1 fully saturated rings. The normalized spacial score (nSPS) is 18.1. The summed E-state index contributed by atoms with van der Waals surface area (Å²) in [4.78, 5) is 37.6. The summed E-state index contributed by atoms with van der Waals surface area (Å²) in [5.74, 6) is -1.31. The van der Waals surface area contributed by atoms with E-state index >= 15 is 0 Å². The fourth-order valence-electron chi connectivity index (χ4n) is 2.00. The van der Waals surface area contributed by atoms with Crippen LogP contribution in [0.25, 0.3) is 0 Å². The molecule has 1 aromatic rings. The summed E-state index contributed by atoms with van der Waals surface area (Å²) in [7, 11) is 0. The van der Waals surface area contributed by atoms with E-state index in [0.29, 0.717) is 17.0 Å². The van der Waals surface area contributed by atoms with Gasteiger partial charge in [-0.05, 0) is 31.8 Å². The highest BCUT2D eigenvalue weighted by Crippen LogP contribution is 2.24. The molecule has 0 saturated carbocycles. The predicted molar refractivity (Wildman–Crippen MR) is 72.2 cm³/mol. The first-order chi connectivity index (χ1) is 9.37. The second kappa shape index (κ2) is 5.28. The maximum Gasteiger partial charge on any atom is 0.268 e. The van der Waals surface area contributed by atoms with E-state index in [1.807, 2.05) is 6.92 Å². The molecular weight excluding hydrogens is 280 g/mol. The number of rotatable bonds is 3. The molecule has 2 rings (SSSR count). The summed E-state index contributed by atoms with van der Waals surface area (Å²) in [6.07, 6.45) is 1.49. The van der Waals surface area contributed by atoms with Crippen LogP contribution < -0.4 is 5.32 Å². The first kappa shape index (κ1) is 14.6. The number of nitrogens with zero attached hydrogens (tertiary/aromatic N) is 3. The Morgan fingerprint density at radius 2 is 2.15 bits per heavy atom. The number of carbonyl (C=O) groups excluding carboxylic acids is 3. The molecule has 0 radical (unpaired) electrons. The van der Waals surface area contributed by atoms with E-state index < -0.39 is 17.4 Å². The van der Waals surface area contributed by atoms with Crippen LogP contribution in [0.2, 0.25) is 0 Å². The first-order valence-electron chi connectivity index (χ1n) is 6.35. The van der Waals surface area contributed by atoms with E-state index in [0.717, 1.165) is 18.0 Å². The molecule has 1 aromatic heterocycles. The summed E-state index contributed by atoms with van der Waals surface area (Å²) in [5, 5.41) is 6.18. The Kier molecular flexibility index (Phi) is 3.85. The van der Waals surface area contributed by atoms with Gasteiger partial charge in [0.15, 0.2) is 0 Å². The van der Waals surface area contributed by atoms with E-state index in [1.165, 1.54) is 4.90 Å². The number of hydrogen-bond acceptors (Lipinski definition) is 6. The van der Waals surface area contributed by atoms with Crippen molar-refractivity contribution in [3.8, 4) is 0 Å². The van der Waals surface area contributed by atoms with Gasteiger partial charge in [-0.2, -0.15) is 0 Å². The van der Waals surface area contributed by atoms with Gasteiger partial charge in [-0.25, -0.2) is 0 Å². The minimum absolute atomic E-state index is 0.138. The second-order valence-electron chi connectivity index (χ2n) is 5.13.